The van der Waals surface area contributed by atoms with Crippen LogP contribution >= 0.6 is 12.4 Å². The number of rotatable bonds is 1. The zero-order valence-corrected chi connectivity index (χ0v) is 7.73. The number of ether oxygens (including phenoxy) is 1. The Morgan fingerprint density at radius 3 is 2.17 bits per heavy atom. The van der Waals surface area contributed by atoms with Gasteiger partial charge in [0.25, 0.3) is 0 Å². The van der Waals surface area contributed by atoms with Crippen LogP contribution in [0.3, 0.4) is 0 Å². The highest BCUT2D eigenvalue weighted by atomic mass is 35.5. The van der Waals surface area contributed by atoms with Gasteiger partial charge in [-0.2, -0.15) is 0 Å². The Kier molecular flexibility index (Phi) is 4.34. The van der Waals surface area contributed by atoms with E-state index in [1.165, 1.54) is 6.42 Å². The molecular weight excluding hydrogens is 180 g/mol. The van der Waals surface area contributed by atoms with Gasteiger partial charge in [0.05, 0.1) is 0 Å². The van der Waals surface area contributed by atoms with Gasteiger partial charge in [0, 0.05) is 12.8 Å². The van der Waals surface area contributed by atoms with E-state index >= 15 is 0 Å². The molecule has 72 valence electrons. The Hall–Kier alpha value is -0.480. The molecule has 0 saturated heterocycles. The molecule has 1 rings (SSSR count). The molecule has 0 aromatic rings. The summed E-state index contributed by atoms with van der Waals surface area (Å²) in [5.41, 5.74) is 9.83. The van der Waals surface area contributed by atoms with Crippen LogP contribution in [0.1, 0.15) is 32.1 Å². The molecule has 0 aromatic heterocycles. The van der Waals surface area contributed by atoms with Crippen LogP contribution in [-0.2, 0) is 4.74 Å². The molecule has 0 aromatic carbocycles. The molecule has 0 bridgehead atoms. The molecule has 0 aliphatic heterocycles. The molecule has 1 amide bonds. The van der Waals surface area contributed by atoms with Crippen molar-refractivity contribution in [3.05, 3.63) is 0 Å². The average Bonchev–Trinajstić information content (AvgIpc) is 1.85. The van der Waals surface area contributed by atoms with Gasteiger partial charge in [-0.15, -0.1) is 12.4 Å². The van der Waals surface area contributed by atoms with Gasteiger partial charge in [-0.1, -0.05) is 6.42 Å². The lowest BCUT2D eigenvalue weighted by molar-refractivity contribution is -0.00693. The van der Waals surface area contributed by atoms with Gasteiger partial charge in [-0.3, -0.25) is 5.73 Å². The molecule has 1 aliphatic rings. The highest BCUT2D eigenvalue weighted by Gasteiger charge is 2.30. The van der Waals surface area contributed by atoms with Crippen molar-refractivity contribution in [1.82, 2.24) is 0 Å². The van der Waals surface area contributed by atoms with E-state index in [1.807, 2.05) is 0 Å². The predicted molar refractivity (Wildman–Crippen MR) is 47.9 cm³/mol. The summed E-state index contributed by atoms with van der Waals surface area (Å²) in [7, 11) is 0. The second-order valence-corrected chi connectivity index (χ2v) is 3.05. The third-order valence-corrected chi connectivity index (χ3v) is 2.00. The highest BCUT2D eigenvalue weighted by molar-refractivity contribution is 5.85. The highest BCUT2D eigenvalue weighted by Crippen LogP contribution is 2.26. The van der Waals surface area contributed by atoms with E-state index < -0.39 is 11.8 Å². The molecule has 0 radical (unpaired) electrons. The van der Waals surface area contributed by atoms with Crippen molar-refractivity contribution in [1.29, 1.82) is 0 Å². The number of carbonyl (C=O) groups is 1. The van der Waals surface area contributed by atoms with Crippen LogP contribution in [0.5, 0.6) is 0 Å². The molecule has 1 fully saturated rings. The topological polar surface area (TPSA) is 78.3 Å². The molecule has 4 N–H and O–H groups in total. The van der Waals surface area contributed by atoms with Crippen molar-refractivity contribution in [2.24, 2.45) is 11.5 Å². The zero-order valence-electron chi connectivity index (χ0n) is 6.91. The number of amides is 1. The molecule has 1 saturated carbocycles. The molecule has 4 nitrogen and oxygen atoms in total. The Bertz CT molecular complexity index is 157. The van der Waals surface area contributed by atoms with Gasteiger partial charge in [0.1, 0.15) is 0 Å². The van der Waals surface area contributed by atoms with Crippen LogP contribution in [0, 0.1) is 0 Å². The van der Waals surface area contributed by atoms with Crippen molar-refractivity contribution >= 4 is 18.5 Å². The summed E-state index contributed by atoms with van der Waals surface area (Å²) in [6, 6.07) is 0. The van der Waals surface area contributed by atoms with E-state index in [-0.39, 0.29) is 12.4 Å². The summed E-state index contributed by atoms with van der Waals surface area (Å²) >= 11 is 0. The molecule has 0 spiro atoms. The van der Waals surface area contributed by atoms with Crippen molar-refractivity contribution in [3.63, 3.8) is 0 Å². The average molecular weight is 195 g/mol. The van der Waals surface area contributed by atoms with Gasteiger partial charge in [-0.05, 0) is 12.8 Å². The molecule has 1 aliphatic carbocycles. The van der Waals surface area contributed by atoms with Crippen molar-refractivity contribution in [2.75, 3.05) is 0 Å². The molecule has 0 atom stereocenters. The van der Waals surface area contributed by atoms with Crippen molar-refractivity contribution in [3.8, 4) is 0 Å². The third-order valence-electron chi connectivity index (χ3n) is 2.00. The summed E-state index contributed by atoms with van der Waals surface area (Å²) in [6.07, 6.45) is 3.90. The molecule has 5 heteroatoms. The van der Waals surface area contributed by atoms with Gasteiger partial charge in [0.15, 0.2) is 5.72 Å². The van der Waals surface area contributed by atoms with Gasteiger partial charge in [0.2, 0.25) is 0 Å². The molecule has 0 unspecified atom stereocenters. The summed E-state index contributed by atoms with van der Waals surface area (Å²) in [6.45, 7) is 0. The first-order chi connectivity index (χ1) is 5.12. The van der Waals surface area contributed by atoms with Gasteiger partial charge < -0.3 is 10.5 Å². The monoisotopic (exact) mass is 194 g/mol. The maximum Gasteiger partial charge on any atom is 0.406 e. The van der Waals surface area contributed by atoms with E-state index in [0.29, 0.717) is 0 Å². The normalized spacial score (nSPS) is 20.8. The van der Waals surface area contributed by atoms with E-state index in [2.05, 4.69) is 0 Å². The van der Waals surface area contributed by atoms with E-state index in [9.17, 15) is 4.79 Å². The minimum atomic E-state index is -0.774. The zero-order chi connectivity index (χ0) is 8.32. The lowest BCUT2D eigenvalue weighted by atomic mass is 9.92. The van der Waals surface area contributed by atoms with Crippen LogP contribution in [0.25, 0.3) is 0 Å². The number of primary amides is 1. The van der Waals surface area contributed by atoms with Gasteiger partial charge >= 0.3 is 6.09 Å². The van der Waals surface area contributed by atoms with E-state index in [1.54, 1.807) is 0 Å². The van der Waals surface area contributed by atoms with Crippen LogP contribution in [0.15, 0.2) is 0 Å². The Morgan fingerprint density at radius 1 is 1.25 bits per heavy atom. The second kappa shape index (κ2) is 4.52. The largest absolute Gasteiger partial charge is 0.428 e. The number of nitrogens with two attached hydrogens (primary N) is 2. The minimum Gasteiger partial charge on any atom is -0.428 e. The molecule has 0 heterocycles. The van der Waals surface area contributed by atoms with E-state index in [4.69, 9.17) is 16.2 Å². The maximum absolute atomic E-state index is 10.4. The predicted octanol–water partition coefficient (Wildman–Crippen LogP) is 1.12. The molecular formula is C7H15ClN2O2. The Labute approximate surface area is 78.0 Å². The van der Waals surface area contributed by atoms with Gasteiger partial charge in [-0.25, -0.2) is 4.79 Å². The number of carbonyl (C=O) groups excluding carboxylic acids is 1. The first kappa shape index (κ1) is 11.5. The molecule has 12 heavy (non-hydrogen) atoms. The first-order valence-corrected chi connectivity index (χ1v) is 3.90. The number of halogens is 1. The van der Waals surface area contributed by atoms with Crippen molar-refractivity contribution < 1.29 is 9.53 Å². The van der Waals surface area contributed by atoms with E-state index in [0.717, 1.165) is 25.7 Å². The fourth-order valence-electron chi connectivity index (χ4n) is 1.45. The van der Waals surface area contributed by atoms with Crippen LogP contribution < -0.4 is 11.5 Å². The van der Waals surface area contributed by atoms with Crippen LogP contribution in [0.2, 0.25) is 0 Å². The first-order valence-electron chi connectivity index (χ1n) is 3.90. The third kappa shape index (κ3) is 3.28. The SMILES string of the molecule is Cl.NC(=O)OC1(N)CCCCC1. The quantitative estimate of drug-likeness (QED) is 0.614. The summed E-state index contributed by atoms with van der Waals surface area (Å²) in [5.74, 6) is 0. The fourth-order valence-corrected chi connectivity index (χ4v) is 1.45. The lowest BCUT2D eigenvalue weighted by Crippen LogP contribution is -2.47. The van der Waals surface area contributed by atoms with Crippen LogP contribution in [0.4, 0.5) is 4.79 Å². The number of hydrogen-bond donors (Lipinski definition) is 2. The number of hydrogen-bond acceptors (Lipinski definition) is 3. The smallest absolute Gasteiger partial charge is 0.406 e. The second-order valence-electron chi connectivity index (χ2n) is 3.05. The lowest BCUT2D eigenvalue weighted by Gasteiger charge is -2.31. The minimum absolute atomic E-state index is 0. The maximum atomic E-state index is 10.4. The Balaban J connectivity index is 0.00000121. The Morgan fingerprint density at radius 2 is 1.75 bits per heavy atom. The summed E-state index contributed by atoms with van der Waals surface area (Å²) in [4.78, 5) is 10.4. The fraction of sp³-hybridized carbons (Fsp3) is 0.857. The van der Waals surface area contributed by atoms with Crippen molar-refractivity contribution in [2.45, 2.75) is 37.8 Å². The summed E-state index contributed by atoms with van der Waals surface area (Å²) in [5, 5.41) is 0. The summed E-state index contributed by atoms with van der Waals surface area (Å²) < 4.78 is 4.80. The van der Waals surface area contributed by atoms with Crippen LogP contribution in [-0.4, -0.2) is 11.8 Å². The standard InChI is InChI=1S/C7H14N2O2.ClH/c8-6(10)11-7(9)4-2-1-3-5-7;/h1-5,9H2,(H2,8,10);1H.